The van der Waals surface area contributed by atoms with E-state index in [9.17, 15) is 23.1 Å². The maximum Gasteiger partial charge on any atom is 0.405 e. The van der Waals surface area contributed by atoms with Crippen molar-refractivity contribution in [2.45, 2.75) is 45.0 Å². The van der Waals surface area contributed by atoms with Gasteiger partial charge in [0, 0.05) is 13.1 Å². The summed E-state index contributed by atoms with van der Waals surface area (Å²) >= 11 is 0. The minimum atomic E-state index is -4.38. The molecule has 1 saturated heterocycles. The zero-order valence-electron chi connectivity index (χ0n) is 14.1. The quantitative estimate of drug-likeness (QED) is 0.729. The lowest BCUT2D eigenvalue weighted by atomic mass is 9.95. The largest absolute Gasteiger partial charge is 0.405 e. The number of alkyl halides is 3. The number of hydrogen-bond acceptors (Lipinski definition) is 4. The van der Waals surface area contributed by atoms with Gasteiger partial charge in [-0.1, -0.05) is 0 Å². The summed E-state index contributed by atoms with van der Waals surface area (Å²) in [6, 6.07) is -0.590. The van der Waals surface area contributed by atoms with E-state index in [2.05, 4.69) is 4.90 Å². The molecule has 23 heavy (non-hydrogen) atoms. The highest BCUT2D eigenvalue weighted by Crippen LogP contribution is 2.19. The number of likely N-dealkylation sites (N-methyl/N-ethyl adjacent to an activating group) is 1. The molecule has 1 aliphatic heterocycles. The summed E-state index contributed by atoms with van der Waals surface area (Å²) in [7, 11) is 1.76. The van der Waals surface area contributed by atoms with Crippen LogP contribution in [0, 0.1) is 5.92 Å². The molecule has 2 atom stereocenters. The first kappa shape index (κ1) is 20.2. The van der Waals surface area contributed by atoms with Crippen molar-refractivity contribution in [2.24, 2.45) is 5.92 Å². The fraction of sp³-hybridized carbons (Fsp3) is 0.933. The number of carbonyl (C=O) groups is 1. The maximum absolute atomic E-state index is 12.1. The van der Waals surface area contributed by atoms with Gasteiger partial charge < -0.3 is 15.3 Å². The van der Waals surface area contributed by atoms with E-state index < -0.39 is 24.7 Å². The summed E-state index contributed by atoms with van der Waals surface area (Å²) in [5, 5.41) is 11.3. The third kappa shape index (κ3) is 7.99. The van der Waals surface area contributed by atoms with Crippen LogP contribution in [0.3, 0.4) is 0 Å². The van der Waals surface area contributed by atoms with Gasteiger partial charge in [-0.25, -0.2) is 0 Å². The van der Waals surface area contributed by atoms with Gasteiger partial charge in [-0.15, -0.1) is 0 Å². The molecule has 1 heterocycles. The number of carbonyl (C=O) groups excluding carboxylic acids is 1. The molecule has 0 bridgehead atoms. The second-order valence-electron chi connectivity index (χ2n) is 6.54. The van der Waals surface area contributed by atoms with E-state index in [0.717, 1.165) is 25.9 Å². The average molecular weight is 339 g/mol. The predicted molar refractivity (Wildman–Crippen MR) is 82.0 cm³/mol. The van der Waals surface area contributed by atoms with Gasteiger partial charge in [0.15, 0.2) is 0 Å². The fourth-order valence-electron chi connectivity index (χ4n) is 2.83. The van der Waals surface area contributed by atoms with E-state index in [-0.39, 0.29) is 6.10 Å². The SMILES string of the molecule is C[C@H](C(=O)NCC(F)(F)F)N(C)CC1CCN(C[C@@H](C)O)CC1. The maximum atomic E-state index is 12.1. The second kappa shape index (κ2) is 8.84. The van der Waals surface area contributed by atoms with Gasteiger partial charge in [0.05, 0.1) is 12.1 Å². The zero-order valence-corrected chi connectivity index (χ0v) is 14.1. The van der Waals surface area contributed by atoms with Crippen molar-refractivity contribution in [3.05, 3.63) is 0 Å². The summed E-state index contributed by atoms with van der Waals surface area (Å²) in [4.78, 5) is 15.8. The van der Waals surface area contributed by atoms with Crippen LogP contribution in [0.4, 0.5) is 13.2 Å². The van der Waals surface area contributed by atoms with E-state index in [0.29, 0.717) is 19.0 Å². The number of hydrogen-bond donors (Lipinski definition) is 2. The Bertz CT molecular complexity index is 369. The Morgan fingerprint density at radius 3 is 2.39 bits per heavy atom. The number of piperidine rings is 1. The molecule has 1 fully saturated rings. The minimum Gasteiger partial charge on any atom is -0.392 e. The van der Waals surface area contributed by atoms with E-state index in [1.807, 2.05) is 5.32 Å². The summed E-state index contributed by atoms with van der Waals surface area (Å²) in [6.07, 6.45) is -2.79. The van der Waals surface area contributed by atoms with E-state index in [1.165, 1.54) is 0 Å². The molecule has 0 aromatic rings. The van der Waals surface area contributed by atoms with Crippen LogP contribution >= 0.6 is 0 Å². The monoisotopic (exact) mass is 339 g/mol. The van der Waals surface area contributed by atoms with Crippen LogP contribution in [0.5, 0.6) is 0 Å². The van der Waals surface area contributed by atoms with E-state index in [1.54, 1.807) is 25.8 Å². The first-order valence-corrected chi connectivity index (χ1v) is 8.03. The molecular formula is C15H28F3N3O2. The highest BCUT2D eigenvalue weighted by Gasteiger charge is 2.30. The number of β-amino-alcohol motifs (C(OH)–C–C–N with tert-alkyl or cyclic N) is 1. The Morgan fingerprint density at radius 2 is 1.91 bits per heavy atom. The van der Waals surface area contributed by atoms with Crippen LogP contribution in [0.25, 0.3) is 0 Å². The summed E-state index contributed by atoms with van der Waals surface area (Å²) in [5.41, 5.74) is 0. The predicted octanol–water partition coefficient (Wildman–Crippen LogP) is 1.08. The average Bonchev–Trinajstić information content (AvgIpc) is 2.44. The highest BCUT2D eigenvalue weighted by molar-refractivity contribution is 5.81. The Kier molecular flexibility index (Phi) is 7.76. The Labute approximate surface area is 135 Å². The first-order valence-electron chi connectivity index (χ1n) is 8.03. The van der Waals surface area contributed by atoms with Gasteiger partial charge in [0.1, 0.15) is 6.54 Å². The molecule has 5 nitrogen and oxygen atoms in total. The summed E-state index contributed by atoms with van der Waals surface area (Å²) in [6.45, 7) is 5.25. The van der Waals surface area contributed by atoms with Gasteiger partial charge in [-0.05, 0) is 52.7 Å². The van der Waals surface area contributed by atoms with Crippen molar-refractivity contribution in [3.63, 3.8) is 0 Å². The lowest BCUT2D eigenvalue weighted by molar-refractivity contribution is -0.141. The van der Waals surface area contributed by atoms with Crippen LogP contribution in [0.2, 0.25) is 0 Å². The molecule has 0 unspecified atom stereocenters. The Hall–Kier alpha value is -0.860. The third-order valence-corrected chi connectivity index (χ3v) is 4.28. The van der Waals surface area contributed by atoms with E-state index >= 15 is 0 Å². The summed E-state index contributed by atoms with van der Waals surface area (Å²) in [5.74, 6) is -0.181. The van der Waals surface area contributed by atoms with Crippen LogP contribution in [-0.2, 0) is 4.79 Å². The number of nitrogens with zero attached hydrogens (tertiary/aromatic N) is 2. The van der Waals surface area contributed by atoms with Crippen LogP contribution in [0.15, 0.2) is 0 Å². The summed E-state index contributed by atoms with van der Waals surface area (Å²) < 4.78 is 36.4. The molecule has 0 aromatic carbocycles. The van der Waals surface area contributed by atoms with Crippen LogP contribution in [-0.4, -0.2) is 78.9 Å². The molecule has 2 N–H and O–H groups in total. The fourth-order valence-corrected chi connectivity index (χ4v) is 2.83. The molecule has 0 aliphatic carbocycles. The van der Waals surface area contributed by atoms with Crippen molar-refractivity contribution in [1.29, 1.82) is 0 Å². The third-order valence-electron chi connectivity index (χ3n) is 4.28. The topological polar surface area (TPSA) is 55.8 Å². The molecule has 1 aliphatic rings. The van der Waals surface area contributed by atoms with Gasteiger partial charge in [-0.2, -0.15) is 13.2 Å². The lowest BCUT2D eigenvalue weighted by Crippen LogP contribution is -2.48. The minimum absolute atomic E-state index is 0.341. The molecule has 1 rings (SSSR count). The van der Waals surface area contributed by atoms with Crippen molar-refractivity contribution in [3.8, 4) is 0 Å². The number of amides is 1. The molecule has 1 amide bonds. The normalized spacial score (nSPS) is 20.5. The van der Waals surface area contributed by atoms with Crippen molar-refractivity contribution < 1.29 is 23.1 Å². The van der Waals surface area contributed by atoms with Gasteiger partial charge in [0.25, 0.3) is 0 Å². The first-order chi connectivity index (χ1) is 10.6. The van der Waals surface area contributed by atoms with Crippen molar-refractivity contribution in [2.75, 3.05) is 39.8 Å². The van der Waals surface area contributed by atoms with Crippen molar-refractivity contribution in [1.82, 2.24) is 15.1 Å². The number of aliphatic hydroxyl groups is 1. The van der Waals surface area contributed by atoms with Crippen LogP contribution < -0.4 is 5.32 Å². The second-order valence-corrected chi connectivity index (χ2v) is 6.54. The van der Waals surface area contributed by atoms with Crippen LogP contribution in [0.1, 0.15) is 26.7 Å². The highest BCUT2D eigenvalue weighted by atomic mass is 19.4. The molecule has 0 spiro atoms. The Morgan fingerprint density at radius 1 is 1.35 bits per heavy atom. The zero-order chi connectivity index (χ0) is 17.6. The Balaban J connectivity index is 2.32. The molecule has 0 saturated carbocycles. The molecule has 136 valence electrons. The number of aliphatic hydroxyl groups excluding tert-OH is 1. The molecule has 0 aromatic heterocycles. The smallest absolute Gasteiger partial charge is 0.392 e. The number of likely N-dealkylation sites (tertiary alicyclic amines) is 1. The molecule has 0 radical (unpaired) electrons. The van der Waals surface area contributed by atoms with E-state index in [4.69, 9.17) is 0 Å². The number of nitrogens with one attached hydrogen (secondary N) is 1. The standard InChI is InChI=1S/C15H28F3N3O2/c1-11(22)8-21-6-4-13(5-7-21)9-20(3)12(2)14(23)19-10-15(16,17)18/h11-13,22H,4-10H2,1-3H3,(H,19,23)/t11-,12-/m1/s1. The van der Waals surface area contributed by atoms with Gasteiger partial charge >= 0.3 is 6.18 Å². The van der Waals surface area contributed by atoms with Gasteiger partial charge in [0.2, 0.25) is 5.91 Å². The number of rotatable bonds is 7. The molecule has 8 heteroatoms. The van der Waals surface area contributed by atoms with Crippen molar-refractivity contribution >= 4 is 5.91 Å². The van der Waals surface area contributed by atoms with Gasteiger partial charge in [-0.3, -0.25) is 9.69 Å². The lowest BCUT2D eigenvalue weighted by Gasteiger charge is -2.35. The molecular weight excluding hydrogens is 311 g/mol. The number of halogens is 3.